The first-order valence-corrected chi connectivity index (χ1v) is 6.31. The molecule has 0 saturated heterocycles. The van der Waals surface area contributed by atoms with Gasteiger partial charge in [-0.1, -0.05) is 6.07 Å². The summed E-state index contributed by atoms with van der Waals surface area (Å²) in [5.74, 6) is 0.424. The molecule has 0 heterocycles. The summed E-state index contributed by atoms with van der Waals surface area (Å²) in [7, 11) is 0. The van der Waals surface area contributed by atoms with Crippen LogP contribution in [-0.2, 0) is 4.79 Å². The number of benzene rings is 1. The second-order valence-electron chi connectivity index (χ2n) is 4.95. The number of nitrogens with one attached hydrogen (secondary N) is 1. The van der Waals surface area contributed by atoms with E-state index in [9.17, 15) is 4.79 Å². The molecule has 2 rings (SSSR count). The van der Waals surface area contributed by atoms with Crippen LogP contribution in [-0.4, -0.2) is 24.6 Å². The maximum Gasteiger partial charge on any atom is 0.238 e. The van der Waals surface area contributed by atoms with E-state index in [0.717, 1.165) is 18.6 Å². The van der Waals surface area contributed by atoms with E-state index >= 15 is 0 Å². The standard InChI is InChI=1S/C14H20N2O2/c1-9-3-6-12(7-10(9)2)18-8-13(14(15)17)16-11-4-5-11/h3,6-7,11,13,16H,4-5,8H2,1-2H3,(H2,15,17). The molecule has 1 aromatic carbocycles. The highest BCUT2D eigenvalue weighted by molar-refractivity contribution is 5.80. The van der Waals surface area contributed by atoms with Crippen LogP contribution in [0.5, 0.6) is 5.75 Å². The lowest BCUT2D eigenvalue weighted by molar-refractivity contribution is -0.120. The summed E-state index contributed by atoms with van der Waals surface area (Å²) in [6.45, 7) is 4.38. The largest absolute Gasteiger partial charge is 0.491 e. The van der Waals surface area contributed by atoms with Gasteiger partial charge in [-0.25, -0.2) is 0 Å². The Morgan fingerprint density at radius 3 is 2.72 bits per heavy atom. The number of aryl methyl sites for hydroxylation is 2. The number of rotatable bonds is 6. The average Bonchev–Trinajstić information content (AvgIpc) is 3.12. The summed E-state index contributed by atoms with van der Waals surface area (Å²) in [5, 5.41) is 3.19. The Balaban J connectivity index is 1.91. The fourth-order valence-electron chi connectivity index (χ4n) is 1.73. The van der Waals surface area contributed by atoms with Crippen molar-refractivity contribution in [2.75, 3.05) is 6.61 Å². The van der Waals surface area contributed by atoms with Crippen molar-refractivity contribution in [1.29, 1.82) is 0 Å². The first-order valence-electron chi connectivity index (χ1n) is 6.31. The van der Waals surface area contributed by atoms with Crippen molar-refractivity contribution in [3.8, 4) is 5.75 Å². The van der Waals surface area contributed by atoms with Gasteiger partial charge in [0.1, 0.15) is 18.4 Å². The van der Waals surface area contributed by atoms with Crippen molar-refractivity contribution in [2.45, 2.75) is 38.8 Å². The van der Waals surface area contributed by atoms with E-state index in [0.29, 0.717) is 6.04 Å². The van der Waals surface area contributed by atoms with Crippen molar-refractivity contribution in [2.24, 2.45) is 5.73 Å². The molecule has 0 aromatic heterocycles. The van der Waals surface area contributed by atoms with E-state index in [1.54, 1.807) is 0 Å². The van der Waals surface area contributed by atoms with E-state index in [1.807, 2.05) is 25.1 Å². The Hall–Kier alpha value is -1.55. The number of carbonyl (C=O) groups is 1. The van der Waals surface area contributed by atoms with Crippen molar-refractivity contribution >= 4 is 5.91 Å². The van der Waals surface area contributed by atoms with E-state index in [-0.39, 0.29) is 12.5 Å². The van der Waals surface area contributed by atoms with Crippen LogP contribution in [0.2, 0.25) is 0 Å². The van der Waals surface area contributed by atoms with Crippen LogP contribution in [0.1, 0.15) is 24.0 Å². The first-order chi connectivity index (χ1) is 8.56. The lowest BCUT2D eigenvalue weighted by Gasteiger charge is -2.16. The molecule has 1 atom stereocenters. The molecule has 18 heavy (non-hydrogen) atoms. The second-order valence-corrected chi connectivity index (χ2v) is 4.95. The molecule has 1 saturated carbocycles. The number of ether oxygens (including phenoxy) is 1. The van der Waals surface area contributed by atoms with Gasteiger partial charge in [0.05, 0.1) is 0 Å². The van der Waals surface area contributed by atoms with Gasteiger partial charge in [0, 0.05) is 6.04 Å². The predicted molar refractivity (Wildman–Crippen MR) is 70.6 cm³/mol. The highest BCUT2D eigenvalue weighted by Gasteiger charge is 2.27. The van der Waals surface area contributed by atoms with E-state index in [2.05, 4.69) is 12.2 Å². The molecule has 0 radical (unpaired) electrons. The average molecular weight is 248 g/mol. The summed E-state index contributed by atoms with van der Waals surface area (Å²) in [6.07, 6.45) is 2.24. The minimum atomic E-state index is -0.404. The zero-order chi connectivity index (χ0) is 13.1. The molecule has 98 valence electrons. The van der Waals surface area contributed by atoms with Crippen LogP contribution >= 0.6 is 0 Å². The number of primary amides is 1. The molecule has 0 spiro atoms. The zero-order valence-corrected chi connectivity index (χ0v) is 10.9. The van der Waals surface area contributed by atoms with Gasteiger partial charge in [0.25, 0.3) is 0 Å². The minimum Gasteiger partial charge on any atom is -0.491 e. The molecule has 4 nitrogen and oxygen atoms in total. The highest BCUT2D eigenvalue weighted by atomic mass is 16.5. The summed E-state index contributed by atoms with van der Waals surface area (Å²) >= 11 is 0. The van der Waals surface area contributed by atoms with Gasteiger partial charge in [-0.15, -0.1) is 0 Å². The molecule has 0 bridgehead atoms. The second kappa shape index (κ2) is 5.40. The van der Waals surface area contributed by atoms with Crippen LogP contribution in [0.25, 0.3) is 0 Å². The Kier molecular flexibility index (Phi) is 3.87. The SMILES string of the molecule is Cc1ccc(OCC(NC2CC2)C(N)=O)cc1C. The molecule has 1 unspecified atom stereocenters. The lowest BCUT2D eigenvalue weighted by atomic mass is 10.1. The first kappa shape index (κ1) is 12.9. The fourth-order valence-corrected chi connectivity index (χ4v) is 1.73. The topological polar surface area (TPSA) is 64.3 Å². The third kappa shape index (κ3) is 3.47. The molecular formula is C14H20N2O2. The van der Waals surface area contributed by atoms with Gasteiger partial charge in [0.2, 0.25) is 5.91 Å². The summed E-state index contributed by atoms with van der Waals surface area (Å²) in [6, 6.07) is 5.94. The zero-order valence-electron chi connectivity index (χ0n) is 10.9. The highest BCUT2D eigenvalue weighted by Crippen LogP contribution is 2.20. The smallest absolute Gasteiger partial charge is 0.238 e. The van der Waals surface area contributed by atoms with Crippen LogP contribution in [0.4, 0.5) is 0 Å². The van der Waals surface area contributed by atoms with Gasteiger partial charge in [-0.3, -0.25) is 4.79 Å². The van der Waals surface area contributed by atoms with E-state index in [4.69, 9.17) is 10.5 Å². The van der Waals surface area contributed by atoms with Crippen molar-refractivity contribution in [3.63, 3.8) is 0 Å². The fraction of sp³-hybridized carbons (Fsp3) is 0.500. The maximum absolute atomic E-state index is 11.3. The summed E-state index contributed by atoms with van der Waals surface area (Å²) in [4.78, 5) is 11.3. The van der Waals surface area contributed by atoms with Crippen LogP contribution < -0.4 is 15.8 Å². The molecule has 1 aliphatic carbocycles. The summed E-state index contributed by atoms with van der Waals surface area (Å²) < 4.78 is 5.63. The normalized spacial score (nSPS) is 16.3. The maximum atomic E-state index is 11.3. The monoisotopic (exact) mass is 248 g/mol. The Bertz CT molecular complexity index is 441. The molecule has 1 fully saturated rings. The molecule has 1 amide bonds. The van der Waals surface area contributed by atoms with Gasteiger partial charge >= 0.3 is 0 Å². The molecule has 1 aromatic rings. The number of nitrogens with two attached hydrogens (primary N) is 1. The number of hydrogen-bond donors (Lipinski definition) is 2. The van der Waals surface area contributed by atoms with Crippen LogP contribution in [0.3, 0.4) is 0 Å². The van der Waals surface area contributed by atoms with Gasteiger partial charge < -0.3 is 15.8 Å². The number of hydrogen-bond acceptors (Lipinski definition) is 3. The number of carbonyl (C=O) groups excluding carboxylic acids is 1. The van der Waals surface area contributed by atoms with Gasteiger partial charge in [0.15, 0.2) is 0 Å². The van der Waals surface area contributed by atoms with Crippen molar-refractivity contribution < 1.29 is 9.53 Å². The third-order valence-corrected chi connectivity index (χ3v) is 3.25. The quantitative estimate of drug-likeness (QED) is 0.797. The Morgan fingerprint density at radius 2 is 2.17 bits per heavy atom. The van der Waals surface area contributed by atoms with E-state index < -0.39 is 6.04 Å². The predicted octanol–water partition coefficient (Wildman–Crippen LogP) is 1.29. The number of amides is 1. The molecular weight excluding hydrogens is 228 g/mol. The molecule has 4 heteroatoms. The van der Waals surface area contributed by atoms with Crippen LogP contribution in [0, 0.1) is 13.8 Å². The Morgan fingerprint density at radius 1 is 1.44 bits per heavy atom. The molecule has 3 N–H and O–H groups in total. The van der Waals surface area contributed by atoms with Gasteiger partial charge in [-0.2, -0.15) is 0 Å². The molecule has 1 aliphatic rings. The van der Waals surface area contributed by atoms with E-state index in [1.165, 1.54) is 11.1 Å². The minimum absolute atomic E-state index is 0.286. The van der Waals surface area contributed by atoms with Gasteiger partial charge in [-0.05, 0) is 49.9 Å². The van der Waals surface area contributed by atoms with Crippen molar-refractivity contribution in [3.05, 3.63) is 29.3 Å². The third-order valence-electron chi connectivity index (χ3n) is 3.25. The van der Waals surface area contributed by atoms with Crippen molar-refractivity contribution in [1.82, 2.24) is 5.32 Å². The Labute approximate surface area is 108 Å². The summed E-state index contributed by atoms with van der Waals surface area (Å²) in [5.41, 5.74) is 7.76. The van der Waals surface area contributed by atoms with Crippen LogP contribution in [0.15, 0.2) is 18.2 Å². The lowest BCUT2D eigenvalue weighted by Crippen LogP contribution is -2.46. The molecule has 0 aliphatic heterocycles.